The number of amides is 12. The van der Waals surface area contributed by atoms with E-state index in [1.54, 1.807) is 190 Å². The van der Waals surface area contributed by atoms with E-state index in [0.717, 1.165) is 27.8 Å². The van der Waals surface area contributed by atoms with Crippen LogP contribution in [0.15, 0.2) is 237 Å². The number of nitrogens with one attached hydrogen (secondary N) is 9. The van der Waals surface area contributed by atoms with Gasteiger partial charge in [0.1, 0.15) is 35.3 Å². The van der Waals surface area contributed by atoms with Crippen LogP contribution in [-0.4, -0.2) is 215 Å². The summed E-state index contributed by atoms with van der Waals surface area (Å²) in [5, 5.41) is 57.3. The molecule has 0 bridgehead atoms. The van der Waals surface area contributed by atoms with Crippen molar-refractivity contribution in [3.8, 4) is 17.2 Å². The molecule has 0 spiro atoms. The van der Waals surface area contributed by atoms with Gasteiger partial charge in [0.15, 0.2) is 19.8 Å². The Labute approximate surface area is 891 Å². The predicted octanol–water partition coefficient (Wildman–Crippen LogP) is 14.9. The number of ether oxygens (including phenoxy) is 3. The fourth-order valence-electron chi connectivity index (χ4n) is 15.8. The highest BCUT2D eigenvalue weighted by Gasteiger charge is 2.40. The van der Waals surface area contributed by atoms with Crippen LogP contribution in [0.3, 0.4) is 0 Å². The molecular weight excluding hydrogens is 1780 g/mol. The molecular formula is C114H156N12O15. The number of nitrogens with zero attached hydrogens (tertiary/aromatic N) is 3. The van der Waals surface area contributed by atoms with Gasteiger partial charge in [0, 0.05) is 103 Å². The van der Waals surface area contributed by atoms with E-state index in [2.05, 4.69) is 42.5 Å². The van der Waals surface area contributed by atoms with Crippen molar-refractivity contribution >= 4 is 53.5 Å². The first kappa shape index (κ1) is 68.9. The summed E-state index contributed by atoms with van der Waals surface area (Å²) in [5.41, 5.74) is 4.84. The summed E-state index contributed by atoms with van der Waals surface area (Å²) in [6, 6.07) is 36.1. The Hall–Kier alpha value is -13.1. The van der Waals surface area contributed by atoms with Crippen molar-refractivity contribution in [3.63, 3.8) is 0 Å². The fourth-order valence-corrected chi connectivity index (χ4v) is 15.8. The molecule has 762 valence electrons. The van der Waals surface area contributed by atoms with E-state index in [1.807, 2.05) is 56.3 Å². The van der Waals surface area contributed by atoms with Crippen molar-refractivity contribution in [2.75, 3.05) is 59.0 Å². The third-order valence-electron chi connectivity index (χ3n) is 22.5. The molecule has 3 fully saturated rings. The van der Waals surface area contributed by atoms with Crippen molar-refractivity contribution in [1.29, 1.82) is 0 Å². The molecule has 0 unspecified atom stereocenters. The normalized spacial score (nSPS) is 22.2. The fraction of sp³-hybridized carbons (Fsp3) is 0.447. The van der Waals surface area contributed by atoms with E-state index in [4.69, 9.17) is 63.6 Å². The van der Waals surface area contributed by atoms with Crippen LogP contribution in [0.1, 0.15) is 222 Å². The van der Waals surface area contributed by atoms with Gasteiger partial charge >= 0.3 is 18.1 Å². The van der Waals surface area contributed by atoms with Crippen LogP contribution in [0.25, 0.3) is 0 Å². The average molecular weight is 1970 g/mol. The summed E-state index contributed by atoms with van der Waals surface area (Å²) in [4.78, 5) is 124. The van der Waals surface area contributed by atoms with Gasteiger partial charge < -0.3 is 92.1 Å². The van der Waals surface area contributed by atoms with Crippen LogP contribution >= 0.6 is 0 Å². The molecule has 3 aliphatic rings. The molecule has 141 heavy (non-hydrogen) atoms. The van der Waals surface area contributed by atoms with Crippen LogP contribution in [0, 0.1) is 59.1 Å². The largest absolute Gasteiger partial charge is 0.483 e. The number of para-hydroxylation sites is 3. The highest BCUT2D eigenvalue weighted by molar-refractivity contribution is 5.90. The molecule has 3 heterocycles. The van der Waals surface area contributed by atoms with Crippen molar-refractivity contribution < 1.29 is 126 Å². The molecule has 3 saturated heterocycles. The van der Waals surface area contributed by atoms with Gasteiger partial charge in [-0.25, -0.2) is 14.4 Å². The lowest BCUT2D eigenvalue weighted by atomic mass is 9.92. The molecule has 12 amide bonds. The summed E-state index contributed by atoms with van der Waals surface area (Å²) >= 11 is 0. The van der Waals surface area contributed by atoms with E-state index in [1.165, 1.54) is 5.32 Å². The zero-order valence-electron chi connectivity index (χ0n) is 116. The maximum absolute atomic E-state index is 14.7. The number of hydrogen-bond donors (Lipinski definition) is 12. The maximum atomic E-state index is 14.7. The molecule has 12 rings (SSSR count). The predicted molar refractivity (Wildman–Crippen MR) is 559 cm³/mol. The molecule has 12 atom stereocenters. The minimum Gasteiger partial charge on any atom is -0.483 e. The van der Waals surface area contributed by atoms with E-state index in [0.29, 0.717) is 49.1 Å². The van der Waals surface area contributed by atoms with Crippen LogP contribution < -0.4 is 62.1 Å². The molecule has 27 nitrogen and oxygen atoms in total. The summed E-state index contributed by atoms with van der Waals surface area (Å²) in [6.07, 6.45) is -9.91. The van der Waals surface area contributed by atoms with Crippen LogP contribution in [-0.2, 0) is 67.3 Å². The first-order valence-electron chi connectivity index (χ1n) is 64.3. The van der Waals surface area contributed by atoms with E-state index in [-0.39, 0.29) is 106 Å². The Morgan fingerprint density at radius 2 is 0.645 bits per heavy atom. The van der Waals surface area contributed by atoms with Crippen molar-refractivity contribution in [2.45, 2.75) is 254 Å². The number of aryl methyl sites for hydroxylation is 4. The minimum atomic E-state index is -4.43. The number of carbonyl (C=O) groups excluding carboxylic acids is 9. The lowest BCUT2D eigenvalue weighted by Gasteiger charge is -2.37. The third kappa shape index (κ3) is 36.5. The maximum Gasteiger partial charge on any atom is 0.318 e. The Balaban J connectivity index is 0.000000358. The van der Waals surface area contributed by atoms with Crippen molar-refractivity contribution in [1.82, 2.24) is 62.6 Å². The monoisotopic (exact) mass is 1970 g/mol. The van der Waals surface area contributed by atoms with E-state index in [9.17, 15) is 62.6 Å². The molecule has 0 aromatic heterocycles. The lowest BCUT2D eigenvalue weighted by molar-refractivity contribution is -0.129. The number of benzene rings is 9. The van der Waals surface area contributed by atoms with Crippen LogP contribution in [0.5, 0.6) is 17.2 Å². The zero-order valence-corrected chi connectivity index (χ0v) is 76.8. The molecule has 0 saturated carbocycles. The Kier molecular flexibility index (Phi) is 28.7. The first-order valence-corrected chi connectivity index (χ1v) is 44.8. The number of urea groups is 3. The second kappa shape index (κ2) is 58.8. The third-order valence-corrected chi connectivity index (χ3v) is 22.5. The lowest BCUT2D eigenvalue weighted by Crippen LogP contribution is -2.59. The van der Waals surface area contributed by atoms with Gasteiger partial charge in [-0.2, -0.15) is 0 Å². The smallest absolute Gasteiger partial charge is 0.318 e. The molecule has 0 aliphatic carbocycles. The van der Waals surface area contributed by atoms with Gasteiger partial charge in [-0.3, -0.25) is 28.8 Å². The Morgan fingerprint density at radius 3 is 0.922 bits per heavy atom. The number of rotatable bonds is 45. The van der Waals surface area contributed by atoms with E-state index < -0.39 is 291 Å². The summed E-state index contributed by atoms with van der Waals surface area (Å²) < 4.78 is 340. The van der Waals surface area contributed by atoms with Crippen LogP contribution in [0.2, 0.25) is 0 Å². The number of carbonyl (C=O) groups is 9. The summed E-state index contributed by atoms with van der Waals surface area (Å²) in [5.74, 6) is -19.6. The highest BCUT2D eigenvalue weighted by atomic mass is 16.5. The number of aliphatic hydroxyl groups excluding tert-OH is 3. The quantitative estimate of drug-likeness (QED) is 0.0169. The van der Waals surface area contributed by atoms with Crippen molar-refractivity contribution in [3.05, 3.63) is 303 Å². The second-order valence-corrected chi connectivity index (χ2v) is 33.1. The van der Waals surface area contributed by atoms with Gasteiger partial charge in [0.2, 0.25) is 17.7 Å². The van der Waals surface area contributed by atoms with E-state index >= 15 is 0 Å². The molecule has 9 aromatic carbocycles. The molecule has 3 aliphatic heterocycles. The molecule has 27 heteroatoms. The van der Waals surface area contributed by atoms with Gasteiger partial charge in [-0.05, 0) is 203 Å². The van der Waals surface area contributed by atoms with Gasteiger partial charge in [-0.15, -0.1) is 0 Å². The van der Waals surface area contributed by atoms with Gasteiger partial charge in [-0.1, -0.05) is 300 Å². The second-order valence-electron chi connectivity index (χ2n) is 33.1. The standard InChI is InChI=1S/3C37H48N4O5.3CH4/c3*1-25(2)34(41-20-12-19-38-37(41)45)36(44)39-30(21-28-15-7-5-8-16-28)23-32(42)31(22-29-17-9-6-10-18-29)40-33(43)24-46-35-26(3)13-11-14-27(35)4;;;/h3*5-11,13-18,25,30-32,34,42H,12,19-24H2,1-4H3,(H,38,45)(H,39,44)(H,40,43);3*1H4/t3*30-,31-,32-,34-;;;/m000.../s1/i1D3,2D3,3D3,4D3,11D,13D,14D,25D,34D;1D3,2D3,12D2,19D2,20D2,25D,34D;1D3,2D3,25D,34D;;;. The Morgan fingerprint density at radius 1 is 0.376 bits per heavy atom. The molecule has 0 radical (unpaired) electrons. The topological polar surface area (TPSA) is 360 Å². The summed E-state index contributed by atoms with van der Waals surface area (Å²) in [7, 11) is 0. The number of aliphatic hydroxyl groups is 3. The SMILES string of the molecule is C.C.C.[2H]C([2H])([2H])C([2H])(C([2H])([2H])[2H])[C@@]([2H])(C(=O)N[C@@H](Cc1ccccc1)C[C@H](O)[C@H](Cc1ccccc1)NC(=O)COc1c(C)cccc1C)N1C(=O)NC([2H])([2H])C([2H])([2H])C1([2H])[2H].[2H]C([2H])([2H])C([2H])(C([2H])([2H])[2H])[C@@]([2H])(C(=O)N[C@@H](Cc1ccccc1)C[C@H](O)[C@H](Cc1ccccc1)NC(=O)COc1c(C)cccc1C)N1CCCNC1=O.[2H]c1c([2H])c(C([2H])([2H])[2H])c(OCC(=O)N[C@@H](Cc2ccccc2)[C@@H](O)C[C@H](Cc2ccccc2)NC(=O)[C@@]([2H])(N2CCCNC2=O)C([2H])(C([2H])([2H])[2H])C([2H])([2H])[2H])c(C([2H])([2H])[2H])c1[2H]. The Bertz CT molecular complexity index is 7050. The average Bonchev–Trinajstić information content (AvgIpc) is 0.682. The molecule has 9 aromatic rings. The van der Waals surface area contributed by atoms with Gasteiger partial charge in [0.25, 0.3) is 17.7 Å². The van der Waals surface area contributed by atoms with Gasteiger partial charge in [0.05, 0.1) is 44.7 Å². The number of hydrogen-bond acceptors (Lipinski definition) is 15. The molecule has 12 N–H and O–H groups in total. The minimum absolute atomic E-state index is 0. The first-order chi connectivity index (χ1) is 81.8. The van der Waals surface area contributed by atoms with Crippen LogP contribution in [0.4, 0.5) is 14.4 Å². The van der Waals surface area contributed by atoms with Crippen molar-refractivity contribution in [2.24, 2.45) is 17.7 Å². The zero-order chi connectivity index (χ0) is 133. The highest BCUT2D eigenvalue weighted by Crippen LogP contribution is 2.29. The summed E-state index contributed by atoms with van der Waals surface area (Å²) in [6.45, 7) is -33.0.